The third-order valence-corrected chi connectivity index (χ3v) is 7.42. The number of rotatable bonds is 5. The van der Waals surface area contributed by atoms with Gasteiger partial charge in [-0.2, -0.15) is 0 Å². The maximum atomic E-state index is 8.02. The van der Waals surface area contributed by atoms with E-state index in [1.165, 1.54) is 10.5 Å². The number of fused-ring (bicyclic) bond motifs is 4. The van der Waals surface area contributed by atoms with Gasteiger partial charge in [0.2, 0.25) is 0 Å². The van der Waals surface area contributed by atoms with Crippen molar-refractivity contribution >= 4 is 38.9 Å². The molecule has 1 aliphatic rings. The quantitative estimate of drug-likeness (QED) is 0.231. The average Bonchev–Trinajstić information content (AvgIpc) is 3.54. The minimum Gasteiger partial charge on any atom is -0.457 e. The van der Waals surface area contributed by atoms with Crippen molar-refractivity contribution in [3.63, 3.8) is 0 Å². The van der Waals surface area contributed by atoms with Crippen LogP contribution in [0.5, 0.6) is 11.5 Å². The first kappa shape index (κ1) is 20.2. The lowest BCUT2D eigenvalue weighted by atomic mass is 10.1. The number of hydrogen-bond donors (Lipinski definition) is 0. The molecule has 3 heterocycles. The first-order chi connectivity index (χ1) is 20.3. The summed E-state index contributed by atoms with van der Waals surface area (Å²) in [4.78, 5) is 8.20. The SMILES string of the molecule is [2H]C([2H])([2H])N1CN(c2cccc(Oc3ccc4c5ccccc5n(-c5cc(C(C)C)ccn5)c4c3)c2)c2ccccc21. The molecule has 0 fully saturated rings. The van der Waals surface area contributed by atoms with Gasteiger partial charge in [-0.15, -0.1) is 0 Å². The van der Waals surface area contributed by atoms with E-state index in [1.807, 2.05) is 65.7 Å². The Labute approximate surface area is 232 Å². The molecule has 1 aliphatic heterocycles. The van der Waals surface area contributed by atoms with E-state index in [0.29, 0.717) is 23.1 Å². The fraction of sp³-hybridized carbons (Fsp3) is 0.147. The second-order valence-corrected chi connectivity index (χ2v) is 10.2. The zero-order valence-electron chi connectivity index (χ0n) is 24.9. The van der Waals surface area contributed by atoms with Crippen molar-refractivity contribution in [3.8, 4) is 17.3 Å². The van der Waals surface area contributed by atoms with Gasteiger partial charge in [0, 0.05) is 45.9 Å². The van der Waals surface area contributed by atoms with Crippen molar-refractivity contribution in [2.75, 3.05) is 23.4 Å². The highest BCUT2D eigenvalue weighted by molar-refractivity contribution is 6.09. The second-order valence-electron chi connectivity index (χ2n) is 10.2. The second kappa shape index (κ2) is 9.21. The molecule has 39 heavy (non-hydrogen) atoms. The van der Waals surface area contributed by atoms with E-state index in [4.69, 9.17) is 13.8 Å². The van der Waals surface area contributed by atoms with Crippen molar-refractivity contribution in [1.29, 1.82) is 0 Å². The molecule has 0 saturated heterocycles. The summed E-state index contributed by atoms with van der Waals surface area (Å²) in [6, 6.07) is 34.1. The number of nitrogens with zero attached hydrogens (tertiary/aromatic N) is 4. The van der Waals surface area contributed by atoms with Crippen LogP contribution in [0.1, 0.15) is 29.4 Å². The Kier molecular flexibility index (Phi) is 4.77. The first-order valence-electron chi connectivity index (χ1n) is 14.7. The molecule has 0 atom stereocenters. The molecular weight excluding hydrogens is 480 g/mol. The van der Waals surface area contributed by atoms with E-state index in [2.05, 4.69) is 66.9 Å². The molecule has 5 nitrogen and oxygen atoms in total. The monoisotopic (exact) mass is 513 g/mol. The van der Waals surface area contributed by atoms with Crippen molar-refractivity contribution in [2.45, 2.75) is 19.8 Å². The van der Waals surface area contributed by atoms with Crippen LogP contribution in [0.4, 0.5) is 17.1 Å². The molecule has 0 N–H and O–H groups in total. The van der Waals surface area contributed by atoms with Gasteiger partial charge in [-0.3, -0.25) is 4.57 Å². The standard InChI is InChI=1S/C34H30N4O/c1-23(2)24-17-18-35-34(19-24)38-30-12-5-4-11-28(30)29-16-15-27(21-33(29)38)39-26-10-8-9-25(20-26)37-22-36(3)31-13-6-7-14-32(31)37/h4-21,23H,22H2,1-3H3/i3D3. The van der Waals surface area contributed by atoms with Crippen LogP contribution in [0.2, 0.25) is 0 Å². The van der Waals surface area contributed by atoms with Crippen molar-refractivity contribution in [3.05, 3.63) is 115 Å². The van der Waals surface area contributed by atoms with Crippen LogP contribution in [0.15, 0.2) is 109 Å². The number of benzene rings is 4. The molecule has 0 amide bonds. The Balaban J connectivity index is 1.27. The number of ether oxygens (including phenoxy) is 1. The fourth-order valence-corrected chi connectivity index (χ4v) is 5.46. The number of aromatic nitrogens is 2. The summed E-state index contributed by atoms with van der Waals surface area (Å²) < 4.78 is 32.7. The van der Waals surface area contributed by atoms with Crippen LogP contribution in [0.25, 0.3) is 27.6 Å². The highest BCUT2D eigenvalue weighted by Crippen LogP contribution is 2.41. The largest absolute Gasteiger partial charge is 0.457 e. The molecule has 4 aromatic carbocycles. The molecule has 2 aromatic heterocycles. The average molecular weight is 514 g/mol. The molecule has 0 spiro atoms. The Bertz CT molecular complexity index is 1950. The van der Waals surface area contributed by atoms with Crippen LogP contribution < -0.4 is 14.5 Å². The summed E-state index contributed by atoms with van der Waals surface area (Å²) in [5.74, 6) is 2.63. The predicted octanol–water partition coefficient (Wildman–Crippen LogP) is 8.64. The molecule has 0 bridgehead atoms. The Morgan fingerprint density at radius 2 is 1.56 bits per heavy atom. The molecule has 5 heteroatoms. The molecule has 0 saturated carbocycles. The van der Waals surface area contributed by atoms with Crippen LogP contribution in [-0.2, 0) is 0 Å². The highest BCUT2D eigenvalue weighted by atomic mass is 16.5. The third-order valence-electron chi connectivity index (χ3n) is 7.42. The van der Waals surface area contributed by atoms with Gasteiger partial charge in [0.1, 0.15) is 17.3 Å². The maximum Gasteiger partial charge on any atom is 0.137 e. The van der Waals surface area contributed by atoms with Gasteiger partial charge in [0.15, 0.2) is 0 Å². The van der Waals surface area contributed by atoms with Gasteiger partial charge < -0.3 is 14.5 Å². The number of hydrogen-bond acceptors (Lipinski definition) is 4. The van der Waals surface area contributed by atoms with E-state index in [9.17, 15) is 0 Å². The molecule has 0 radical (unpaired) electrons. The third kappa shape index (κ3) is 3.98. The lowest BCUT2D eigenvalue weighted by Gasteiger charge is -2.20. The van der Waals surface area contributed by atoms with Crippen molar-refractivity contribution < 1.29 is 8.85 Å². The van der Waals surface area contributed by atoms with Gasteiger partial charge in [-0.05, 0) is 66.1 Å². The zero-order chi connectivity index (χ0) is 29.0. The smallest absolute Gasteiger partial charge is 0.137 e. The van der Waals surface area contributed by atoms with Crippen molar-refractivity contribution in [1.82, 2.24) is 9.55 Å². The fourth-order valence-electron chi connectivity index (χ4n) is 5.46. The van der Waals surface area contributed by atoms with Gasteiger partial charge in [0.05, 0.1) is 29.1 Å². The molecule has 192 valence electrons. The maximum absolute atomic E-state index is 8.02. The zero-order valence-corrected chi connectivity index (χ0v) is 21.9. The Morgan fingerprint density at radius 1 is 0.769 bits per heavy atom. The van der Waals surface area contributed by atoms with Gasteiger partial charge >= 0.3 is 0 Å². The van der Waals surface area contributed by atoms with Crippen LogP contribution in [0, 0.1) is 0 Å². The normalized spacial score (nSPS) is 14.5. The van der Waals surface area contributed by atoms with Gasteiger partial charge in [-0.25, -0.2) is 4.98 Å². The molecule has 7 rings (SSSR count). The number of para-hydroxylation sites is 3. The summed E-state index contributed by atoms with van der Waals surface area (Å²) in [5.41, 5.74) is 5.74. The molecular formula is C34H30N4O. The summed E-state index contributed by atoms with van der Waals surface area (Å²) in [6.45, 7) is 2.36. The highest BCUT2D eigenvalue weighted by Gasteiger charge is 2.24. The summed E-state index contributed by atoms with van der Waals surface area (Å²) in [5, 5.41) is 2.28. The molecule has 6 aromatic rings. The minimum atomic E-state index is -2.24. The molecule has 0 aliphatic carbocycles. The first-order valence-corrected chi connectivity index (χ1v) is 13.2. The van der Waals surface area contributed by atoms with E-state index < -0.39 is 6.98 Å². The Hall–Kier alpha value is -4.77. The minimum absolute atomic E-state index is 0.230. The lowest BCUT2D eigenvalue weighted by Crippen LogP contribution is -2.23. The van der Waals surface area contributed by atoms with E-state index >= 15 is 0 Å². The van der Waals surface area contributed by atoms with Gasteiger partial charge in [-0.1, -0.05) is 50.2 Å². The lowest BCUT2D eigenvalue weighted by molar-refractivity contribution is 0.483. The van der Waals surface area contributed by atoms with E-state index in [1.54, 1.807) is 0 Å². The van der Waals surface area contributed by atoms with Crippen molar-refractivity contribution in [2.24, 2.45) is 0 Å². The topological polar surface area (TPSA) is 33.5 Å². The summed E-state index contributed by atoms with van der Waals surface area (Å²) in [6.07, 6.45) is 1.88. The van der Waals surface area contributed by atoms with Crippen LogP contribution in [0.3, 0.4) is 0 Å². The van der Waals surface area contributed by atoms with Gasteiger partial charge in [0.25, 0.3) is 0 Å². The van der Waals surface area contributed by atoms with Crippen LogP contribution in [-0.4, -0.2) is 23.2 Å². The summed E-state index contributed by atoms with van der Waals surface area (Å²) >= 11 is 0. The Morgan fingerprint density at radius 3 is 2.44 bits per heavy atom. The number of pyridine rings is 1. The summed E-state index contributed by atoms with van der Waals surface area (Å²) in [7, 11) is 0. The predicted molar refractivity (Wildman–Crippen MR) is 161 cm³/mol. The van der Waals surface area contributed by atoms with Crippen LogP contribution >= 0.6 is 0 Å². The number of anilines is 3. The van der Waals surface area contributed by atoms with E-state index in [0.717, 1.165) is 39.0 Å². The van der Waals surface area contributed by atoms with E-state index in [-0.39, 0.29) is 6.67 Å². The molecule has 0 unspecified atom stereocenters.